The molecule has 0 aliphatic carbocycles. The van der Waals surface area contributed by atoms with E-state index in [1.807, 2.05) is 11.5 Å². The summed E-state index contributed by atoms with van der Waals surface area (Å²) < 4.78 is 15.5. The molecule has 0 radical (unpaired) electrons. The summed E-state index contributed by atoms with van der Waals surface area (Å²) in [7, 11) is 0. The van der Waals surface area contributed by atoms with Crippen LogP contribution in [0.5, 0.6) is 0 Å². The summed E-state index contributed by atoms with van der Waals surface area (Å²) in [5.41, 5.74) is 1.24. The van der Waals surface area contributed by atoms with Crippen molar-refractivity contribution < 1.29 is 9.18 Å². The van der Waals surface area contributed by atoms with Crippen molar-refractivity contribution in [2.45, 2.75) is 37.7 Å². The van der Waals surface area contributed by atoms with Crippen LogP contribution in [0.25, 0.3) is 11.0 Å². The van der Waals surface area contributed by atoms with Gasteiger partial charge in [0, 0.05) is 25.1 Å². The number of nitrogens with one attached hydrogen (secondary N) is 1. The molecule has 1 aromatic heterocycles. The van der Waals surface area contributed by atoms with E-state index >= 15 is 0 Å². The van der Waals surface area contributed by atoms with E-state index in [1.165, 1.54) is 6.07 Å². The summed E-state index contributed by atoms with van der Waals surface area (Å²) in [5, 5.41) is 2.64. The maximum Gasteiger partial charge on any atom is 0.220 e. The molecule has 1 aromatic carbocycles. The Balaban J connectivity index is 2.07. The molecule has 2 atom stereocenters. The van der Waals surface area contributed by atoms with Crippen LogP contribution in [0.3, 0.4) is 0 Å². The summed E-state index contributed by atoms with van der Waals surface area (Å²) in [6, 6.07) is 2.90. The molecule has 1 aliphatic heterocycles. The first-order chi connectivity index (χ1) is 9.95. The number of carbonyl (C=O) groups is 1. The molecule has 0 saturated carbocycles. The Morgan fingerprint density at radius 3 is 2.95 bits per heavy atom. The third-order valence-corrected chi connectivity index (χ3v) is 4.15. The van der Waals surface area contributed by atoms with Crippen molar-refractivity contribution in [3.63, 3.8) is 0 Å². The first-order valence-electron chi connectivity index (χ1n) is 6.74. The Kier molecular flexibility index (Phi) is 3.80. The Labute approximate surface area is 131 Å². The monoisotopic (exact) mass is 329 g/mol. The van der Waals surface area contributed by atoms with Crippen molar-refractivity contribution in [1.82, 2.24) is 14.9 Å². The molecule has 2 heterocycles. The van der Waals surface area contributed by atoms with Gasteiger partial charge in [0.2, 0.25) is 5.91 Å². The number of nitrogens with zero attached hydrogens (tertiary/aromatic N) is 2. The van der Waals surface area contributed by atoms with Crippen LogP contribution in [0.1, 0.15) is 31.0 Å². The highest BCUT2D eigenvalue weighted by atomic mass is 35.5. The summed E-state index contributed by atoms with van der Waals surface area (Å²) in [6.45, 7) is 2.36. The van der Waals surface area contributed by atoms with Gasteiger partial charge in [-0.1, -0.05) is 11.6 Å². The Bertz CT molecular complexity index is 714. The summed E-state index contributed by atoms with van der Waals surface area (Å²) in [4.78, 5) is 15.7. The Morgan fingerprint density at radius 2 is 2.33 bits per heavy atom. The van der Waals surface area contributed by atoms with Crippen molar-refractivity contribution >= 4 is 40.1 Å². The first-order valence-corrected chi connectivity index (χ1v) is 7.55. The summed E-state index contributed by atoms with van der Waals surface area (Å²) in [6.07, 6.45) is 1.29. The quantitative estimate of drug-likeness (QED) is 0.877. The Morgan fingerprint density at radius 1 is 1.57 bits per heavy atom. The van der Waals surface area contributed by atoms with E-state index in [4.69, 9.17) is 23.2 Å². The molecule has 0 bridgehead atoms. The molecule has 2 aromatic rings. The molecule has 2 unspecified atom stereocenters. The minimum absolute atomic E-state index is 0.0351. The fourth-order valence-corrected chi connectivity index (χ4v) is 2.99. The second-order valence-electron chi connectivity index (χ2n) is 5.25. The van der Waals surface area contributed by atoms with E-state index in [2.05, 4.69) is 10.3 Å². The highest BCUT2D eigenvalue weighted by Crippen LogP contribution is 2.29. The summed E-state index contributed by atoms with van der Waals surface area (Å²) in [5.74, 6) is 0.195. The average Bonchev–Trinajstić information content (AvgIpc) is 2.96. The third kappa shape index (κ3) is 2.72. The zero-order valence-corrected chi connectivity index (χ0v) is 12.9. The van der Waals surface area contributed by atoms with Gasteiger partial charge in [-0.15, -0.1) is 11.6 Å². The van der Waals surface area contributed by atoms with Crippen LogP contribution in [0, 0.1) is 5.82 Å². The van der Waals surface area contributed by atoms with Gasteiger partial charge in [0.15, 0.2) is 0 Å². The second-order valence-corrected chi connectivity index (χ2v) is 6.32. The minimum atomic E-state index is -0.503. The molecule has 1 fully saturated rings. The predicted octanol–water partition coefficient (Wildman–Crippen LogP) is 3.41. The van der Waals surface area contributed by atoms with Crippen LogP contribution in [0.2, 0.25) is 5.02 Å². The van der Waals surface area contributed by atoms with E-state index in [0.717, 1.165) is 11.9 Å². The number of fused-ring (bicyclic) bond motifs is 1. The van der Waals surface area contributed by atoms with Crippen LogP contribution in [-0.4, -0.2) is 21.5 Å². The molecule has 0 spiro atoms. The van der Waals surface area contributed by atoms with Crippen molar-refractivity contribution in [1.29, 1.82) is 0 Å². The molecule has 1 N–H and O–H groups in total. The maximum atomic E-state index is 13.6. The molecule has 1 aliphatic rings. The van der Waals surface area contributed by atoms with Crippen molar-refractivity contribution in [3.8, 4) is 0 Å². The fourth-order valence-electron chi connectivity index (χ4n) is 2.67. The van der Waals surface area contributed by atoms with Gasteiger partial charge in [0.1, 0.15) is 11.6 Å². The molecule has 21 heavy (non-hydrogen) atoms. The summed E-state index contributed by atoms with van der Waals surface area (Å²) >= 11 is 12.0. The van der Waals surface area contributed by atoms with Gasteiger partial charge >= 0.3 is 0 Å². The van der Waals surface area contributed by atoms with Crippen molar-refractivity contribution in [3.05, 3.63) is 28.8 Å². The SMILES string of the molecule is CC(Cl)c1nc2cc(F)c(Cl)cc2n1CC1CCC(=O)N1. The smallest absolute Gasteiger partial charge is 0.220 e. The fraction of sp³-hybridized carbons (Fsp3) is 0.429. The zero-order chi connectivity index (χ0) is 15.1. The van der Waals surface area contributed by atoms with Gasteiger partial charge in [-0.3, -0.25) is 4.79 Å². The van der Waals surface area contributed by atoms with Crippen LogP contribution in [-0.2, 0) is 11.3 Å². The number of halogens is 3. The predicted molar refractivity (Wildman–Crippen MR) is 80.1 cm³/mol. The molecule has 4 nitrogen and oxygen atoms in total. The number of aromatic nitrogens is 2. The highest BCUT2D eigenvalue weighted by Gasteiger charge is 2.24. The van der Waals surface area contributed by atoms with Crippen LogP contribution in [0.4, 0.5) is 4.39 Å². The van der Waals surface area contributed by atoms with Gasteiger partial charge in [-0.25, -0.2) is 9.37 Å². The van der Waals surface area contributed by atoms with Gasteiger partial charge in [0.25, 0.3) is 0 Å². The van der Waals surface area contributed by atoms with Gasteiger partial charge in [0.05, 0.1) is 21.4 Å². The number of hydrogen-bond donors (Lipinski definition) is 1. The normalized spacial score (nSPS) is 20.0. The van der Waals surface area contributed by atoms with Crippen LogP contribution in [0.15, 0.2) is 12.1 Å². The van der Waals surface area contributed by atoms with Crippen LogP contribution < -0.4 is 5.32 Å². The highest BCUT2D eigenvalue weighted by molar-refractivity contribution is 6.31. The van der Waals surface area contributed by atoms with E-state index in [0.29, 0.717) is 24.3 Å². The number of imidazole rings is 1. The molecule has 112 valence electrons. The average molecular weight is 330 g/mol. The molecular formula is C14H14Cl2FN3O. The maximum absolute atomic E-state index is 13.6. The number of alkyl halides is 1. The molecule has 1 saturated heterocycles. The standard InChI is InChI=1S/C14H14Cl2FN3O/c1-7(15)14-19-11-5-10(17)9(16)4-12(11)20(14)6-8-2-3-13(21)18-8/h4-5,7-8H,2-3,6H2,1H3,(H,18,21). The van der Waals surface area contributed by atoms with Gasteiger partial charge in [-0.05, 0) is 19.4 Å². The number of rotatable bonds is 3. The van der Waals surface area contributed by atoms with E-state index < -0.39 is 5.82 Å². The van der Waals surface area contributed by atoms with E-state index in [1.54, 1.807) is 6.07 Å². The lowest BCUT2D eigenvalue weighted by Gasteiger charge is -2.15. The van der Waals surface area contributed by atoms with Crippen molar-refractivity contribution in [2.75, 3.05) is 0 Å². The topological polar surface area (TPSA) is 46.9 Å². The molecule has 1 amide bonds. The number of hydrogen-bond acceptors (Lipinski definition) is 2. The Hall–Kier alpha value is -1.33. The minimum Gasteiger partial charge on any atom is -0.352 e. The van der Waals surface area contributed by atoms with Gasteiger partial charge in [-0.2, -0.15) is 0 Å². The lowest BCUT2D eigenvalue weighted by Crippen LogP contribution is -2.30. The van der Waals surface area contributed by atoms with Gasteiger partial charge < -0.3 is 9.88 Å². The lowest BCUT2D eigenvalue weighted by atomic mass is 10.2. The third-order valence-electron chi connectivity index (χ3n) is 3.66. The first kappa shape index (κ1) is 14.6. The van der Waals surface area contributed by atoms with E-state index in [9.17, 15) is 9.18 Å². The van der Waals surface area contributed by atoms with Crippen LogP contribution >= 0.6 is 23.2 Å². The van der Waals surface area contributed by atoms with Crippen molar-refractivity contribution in [2.24, 2.45) is 0 Å². The number of benzene rings is 1. The number of amides is 1. The molecule has 3 rings (SSSR count). The zero-order valence-electron chi connectivity index (χ0n) is 11.4. The molecular weight excluding hydrogens is 316 g/mol. The second kappa shape index (κ2) is 5.46. The number of carbonyl (C=O) groups excluding carboxylic acids is 1. The van der Waals surface area contributed by atoms with E-state index in [-0.39, 0.29) is 22.3 Å². The molecule has 7 heteroatoms. The largest absolute Gasteiger partial charge is 0.352 e. The lowest BCUT2D eigenvalue weighted by molar-refractivity contribution is -0.119.